The van der Waals surface area contributed by atoms with Gasteiger partial charge in [0, 0.05) is 31.1 Å². The molecule has 6 nitrogen and oxygen atoms in total. The van der Waals surface area contributed by atoms with Crippen molar-refractivity contribution >= 4 is 23.4 Å². The number of aryl methyl sites for hydroxylation is 1. The standard InChI is InChI=1S/C21H27ClN4O2/c1-5-25(6-2)19(27)13-24(4)21(28)17-12-23-26(20(17)15-8-9-15)16-10-7-14(3)18(22)11-16/h7,10-12,15H,5-6,8-9,13H2,1-4H3. The lowest BCUT2D eigenvalue weighted by atomic mass is 10.1. The number of rotatable bonds is 7. The first kappa shape index (κ1) is 20.4. The Bertz CT molecular complexity index is 885. The van der Waals surface area contributed by atoms with Crippen LogP contribution in [0.15, 0.2) is 24.4 Å². The van der Waals surface area contributed by atoms with Gasteiger partial charge in [0.05, 0.1) is 29.7 Å². The van der Waals surface area contributed by atoms with E-state index in [9.17, 15) is 9.59 Å². The first-order valence-corrected chi connectivity index (χ1v) is 10.1. The summed E-state index contributed by atoms with van der Waals surface area (Å²) in [6.07, 6.45) is 3.68. The van der Waals surface area contributed by atoms with Gasteiger partial charge in [-0.15, -0.1) is 0 Å². The summed E-state index contributed by atoms with van der Waals surface area (Å²) in [5, 5.41) is 5.15. The number of halogens is 1. The highest BCUT2D eigenvalue weighted by Crippen LogP contribution is 2.43. The zero-order valence-corrected chi connectivity index (χ0v) is 17.7. The molecule has 3 rings (SSSR count). The fourth-order valence-corrected chi connectivity index (χ4v) is 3.52. The molecule has 0 aliphatic heterocycles. The molecule has 1 saturated carbocycles. The van der Waals surface area contributed by atoms with Crippen molar-refractivity contribution in [3.63, 3.8) is 0 Å². The van der Waals surface area contributed by atoms with E-state index < -0.39 is 0 Å². The van der Waals surface area contributed by atoms with Crippen molar-refractivity contribution < 1.29 is 9.59 Å². The normalized spacial score (nSPS) is 13.5. The third-order valence-electron chi connectivity index (χ3n) is 5.24. The Kier molecular flexibility index (Phi) is 6.08. The molecule has 28 heavy (non-hydrogen) atoms. The molecule has 1 aromatic heterocycles. The number of carbonyl (C=O) groups excluding carboxylic acids is 2. The van der Waals surface area contributed by atoms with E-state index in [0.29, 0.717) is 29.6 Å². The van der Waals surface area contributed by atoms with E-state index in [0.717, 1.165) is 29.8 Å². The Morgan fingerprint density at radius 3 is 2.50 bits per heavy atom. The molecule has 7 heteroatoms. The summed E-state index contributed by atoms with van der Waals surface area (Å²) in [7, 11) is 1.67. The molecular formula is C21H27ClN4O2. The van der Waals surface area contributed by atoms with E-state index in [2.05, 4.69) is 5.10 Å². The molecule has 2 amide bonds. The SMILES string of the molecule is CCN(CC)C(=O)CN(C)C(=O)c1cnn(-c2ccc(C)c(Cl)c2)c1C1CC1. The zero-order valence-electron chi connectivity index (χ0n) is 16.9. The smallest absolute Gasteiger partial charge is 0.257 e. The Morgan fingerprint density at radius 2 is 1.93 bits per heavy atom. The third-order valence-corrected chi connectivity index (χ3v) is 5.64. The van der Waals surface area contributed by atoms with Crippen molar-refractivity contribution in [1.82, 2.24) is 19.6 Å². The minimum Gasteiger partial charge on any atom is -0.342 e. The van der Waals surface area contributed by atoms with Crippen LogP contribution >= 0.6 is 11.6 Å². The zero-order chi connectivity index (χ0) is 20.4. The van der Waals surface area contributed by atoms with Crippen LogP contribution in [0.1, 0.15) is 54.2 Å². The van der Waals surface area contributed by atoms with Gasteiger partial charge in [-0.3, -0.25) is 9.59 Å². The van der Waals surface area contributed by atoms with Crippen LogP contribution in [0.3, 0.4) is 0 Å². The second-order valence-corrected chi connectivity index (χ2v) is 7.70. The lowest BCUT2D eigenvalue weighted by molar-refractivity contribution is -0.131. The van der Waals surface area contributed by atoms with Crippen LogP contribution < -0.4 is 0 Å². The number of carbonyl (C=O) groups is 2. The molecular weight excluding hydrogens is 376 g/mol. The summed E-state index contributed by atoms with van der Waals surface area (Å²) < 4.78 is 1.82. The highest BCUT2D eigenvalue weighted by molar-refractivity contribution is 6.31. The maximum Gasteiger partial charge on any atom is 0.257 e. The Morgan fingerprint density at radius 1 is 1.25 bits per heavy atom. The fraction of sp³-hybridized carbons (Fsp3) is 0.476. The van der Waals surface area contributed by atoms with E-state index >= 15 is 0 Å². The van der Waals surface area contributed by atoms with E-state index in [1.165, 1.54) is 4.90 Å². The fourth-order valence-electron chi connectivity index (χ4n) is 3.35. The highest BCUT2D eigenvalue weighted by Gasteiger charge is 2.34. The molecule has 2 aromatic rings. The van der Waals surface area contributed by atoms with Crippen molar-refractivity contribution in [2.45, 2.75) is 39.5 Å². The lowest BCUT2D eigenvalue weighted by Crippen LogP contribution is -2.41. The van der Waals surface area contributed by atoms with Crippen LogP contribution in [0.2, 0.25) is 5.02 Å². The number of benzene rings is 1. The van der Waals surface area contributed by atoms with Crippen molar-refractivity contribution in [3.05, 3.63) is 46.2 Å². The Labute approximate surface area is 171 Å². The molecule has 0 atom stereocenters. The summed E-state index contributed by atoms with van der Waals surface area (Å²) in [6, 6.07) is 5.78. The molecule has 0 saturated heterocycles. The summed E-state index contributed by atoms with van der Waals surface area (Å²) in [5.41, 5.74) is 3.32. The predicted octanol–water partition coefficient (Wildman–Crippen LogP) is 3.65. The topological polar surface area (TPSA) is 58.4 Å². The summed E-state index contributed by atoms with van der Waals surface area (Å²) in [5.74, 6) is 0.0896. The van der Waals surface area contributed by atoms with Gasteiger partial charge in [0.2, 0.25) is 5.91 Å². The van der Waals surface area contributed by atoms with Gasteiger partial charge in [0.25, 0.3) is 5.91 Å². The maximum absolute atomic E-state index is 13.1. The lowest BCUT2D eigenvalue weighted by Gasteiger charge is -2.23. The van der Waals surface area contributed by atoms with Gasteiger partial charge in [-0.25, -0.2) is 4.68 Å². The third kappa shape index (κ3) is 4.07. The molecule has 0 radical (unpaired) electrons. The van der Waals surface area contributed by atoms with Gasteiger partial charge >= 0.3 is 0 Å². The van der Waals surface area contributed by atoms with Gasteiger partial charge in [0.1, 0.15) is 0 Å². The monoisotopic (exact) mass is 402 g/mol. The average molecular weight is 403 g/mol. The summed E-state index contributed by atoms with van der Waals surface area (Å²) >= 11 is 6.29. The number of nitrogens with zero attached hydrogens (tertiary/aromatic N) is 4. The predicted molar refractivity (Wildman–Crippen MR) is 110 cm³/mol. The van der Waals surface area contributed by atoms with Gasteiger partial charge in [0.15, 0.2) is 0 Å². The van der Waals surface area contributed by atoms with Gasteiger partial charge in [-0.1, -0.05) is 17.7 Å². The molecule has 150 valence electrons. The molecule has 1 aliphatic rings. The van der Waals surface area contributed by atoms with E-state index in [-0.39, 0.29) is 18.4 Å². The van der Waals surface area contributed by atoms with E-state index in [1.807, 2.05) is 43.7 Å². The summed E-state index contributed by atoms with van der Waals surface area (Å²) in [6.45, 7) is 7.16. The minimum absolute atomic E-state index is 0.0495. The van der Waals surface area contributed by atoms with Crippen molar-refractivity contribution in [3.8, 4) is 5.69 Å². The Hall–Kier alpha value is -2.34. The van der Waals surface area contributed by atoms with E-state index in [4.69, 9.17) is 11.6 Å². The number of aromatic nitrogens is 2. The second kappa shape index (κ2) is 8.35. The molecule has 0 spiro atoms. The second-order valence-electron chi connectivity index (χ2n) is 7.29. The van der Waals surface area contributed by atoms with Gasteiger partial charge < -0.3 is 9.80 Å². The minimum atomic E-state index is -0.174. The molecule has 0 N–H and O–H groups in total. The maximum atomic E-state index is 13.1. The Balaban J connectivity index is 1.88. The molecule has 0 unspecified atom stereocenters. The van der Waals surface area contributed by atoms with Crippen LogP contribution in [0.4, 0.5) is 0 Å². The van der Waals surface area contributed by atoms with Crippen LogP contribution in [0.5, 0.6) is 0 Å². The quantitative estimate of drug-likeness (QED) is 0.710. The van der Waals surface area contributed by atoms with Gasteiger partial charge in [-0.2, -0.15) is 5.10 Å². The molecule has 0 bridgehead atoms. The average Bonchev–Trinajstić information content (AvgIpc) is 3.42. The van der Waals surface area contributed by atoms with Gasteiger partial charge in [-0.05, 0) is 51.3 Å². The molecule has 1 aliphatic carbocycles. The largest absolute Gasteiger partial charge is 0.342 e. The highest BCUT2D eigenvalue weighted by atomic mass is 35.5. The van der Waals surface area contributed by atoms with Crippen molar-refractivity contribution in [1.29, 1.82) is 0 Å². The molecule has 1 aromatic carbocycles. The number of hydrogen-bond acceptors (Lipinski definition) is 3. The van der Waals surface area contributed by atoms with E-state index in [1.54, 1.807) is 18.1 Å². The molecule has 1 heterocycles. The number of amides is 2. The first-order chi connectivity index (χ1) is 13.4. The summed E-state index contributed by atoms with van der Waals surface area (Å²) in [4.78, 5) is 28.7. The van der Waals surface area contributed by atoms with Crippen LogP contribution in [0, 0.1) is 6.92 Å². The number of likely N-dealkylation sites (N-methyl/N-ethyl adjacent to an activating group) is 2. The first-order valence-electron chi connectivity index (χ1n) is 9.75. The molecule has 1 fully saturated rings. The van der Waals surface area contributed by atoms with Crippen LogP contribution in [0.25, 0.3) is 5.69 Å². The van der Waals surface area contributed by atoms with Crippen LogP contribution in [-0.2, 0) is 4.79 Å². The van der Waals surface area contributed by atoms with Crippen molar-refractivity contribution in [2.24, 2.45) is 0 Å². The number of hydrogen-bond donors (Lipinski definition) is 0. The van der Waals surface area contributed by atoms with Crippen molar-refractivity contribution in [2.75, 3.05) is 26.7 Å². The van der Waals surface area contributed by atoms with Crippen LogP contribution in [-0.4, -0.2) is 58.1 Å².